The van der Waals surface area contributed by atoms with Crippen molar-refractivity contribution in [3.05, 3.63) is 62.9 Å². The van der Waals surface area contributed by atoms with Gasteiger partial charge in [0.15, 0.2) is 0 Å². The van der Waals surface area contributed by atoms with Crippen molar-refractivity contribution in [1.82, 2.24) is 19.1 Å². The quantitative estimate of drug-likeness (QED) is 0.675. The number of fused-ring (bicyclic) bond motifs is 1. The van der Waals surface area contributed by atoms with Crippen LogP contribution in [0.25, 0.3) is 11.0 Å². The van der Waals surface area contributed by atoms with E-state index in [1.165, 1.54) is 17.0 Å². The number of carboxylic acids is 1. The van der Waals surface area contributed by atoms with Crippen LogP contribution in [-0.4, -0.2) is 43.3 Å². The molecule has 4 rings (SSSR count). The van der Waals surface area contributed by atoms with E-state index in [0.29, 0.717) is 31.9 Å². The van der Waals surface area contributed by atoms with Crippen molar-refractivity contribution in [2.24, 2.45) is 7.05 Å². The van der Waals surface area contributed by atoms with Gasteiger partial charge in [0.25, 0.3) is 0 Å². The molecule has 0 amide bonds. The molecule has 1 N–H and O–H groups in total. The Balaban J connectivity index is 1.62. The standard InChI is InChI=1S/C19H19N5O4/c1-22-14-4-2-3-5-15(14)24(17(26)16(22)25)13-6-8-23(9-7-13)19-20-10-12(11-21-19)18(27)28/h2-5,10-11,13H,6-9H2,1H3,(H,27,28). The Bertz CT molecular complexity index is 1160. The summed E-state index contributed by atoms with van der Waals surface area (Å²) < 4.78 is 3.00. The van der Waals surface area contributed by atoms with Gasteiger partial charge in [0.2, 0.25) is 5.95 Å². The van der Waals surface area contributed by atoms with Gasteiger partial charge < -0.3 is 14.6 Å². The summed E-state index contributed by atoms with van der Waals surface area (Å²) in [5, 5.41) is 8.95. The number of anilines is 1. The first-order valence-electron chi connectivity index (χ1n) is 8.98. The number of para-hydroxylation sites is 2. The molecule has 144 valence electrons. The number of rotatable bonds is 3. The largest absolute Gasteiger partial charge is 0.478 e. The van der Waals surface area contributed by atoms with Crippen LogP contribution in [0.2, 0.25) is 0 Å². The first kappa shape index (κ1) is 17.9. The highest BCUT2D eigenvalue weighted by Gasteiger charge is 2.25. The number of carboxylic acid groups (broad SMARTS) is 1. The average molecular weight is 381 g/mol. The molecule has 9 heteroatoms. The van der Waals surface area contributed by atoms with Crippen LogP contribution in [0.15, 0.2) is 46.2 Å². The van der Waals surface area contributed by atoms with Crippen LogP contribution < -0.4 is 16.0 Å². The molecule has 0 bridgehead atoms. The number of hydrogen-bond donors (Lipinski definition) is 1. The normalized spacial score (nSPS) is 15.1. The molecule has 9 nitrogen and oxygen atoms in total. The van der Waals surface area contributed by atoms with Gasteiger partial charge in [0.1, 0.15) is 0 Å². The summed E-state index contributed by atoms with van der Waals surface area (Å²) in [6.07, 6.45) is 3.88. The number of aromatic nitrogens is 4. The molecule has 0 atom stereocenters. The first-order valence-corrected chi connectivity index (χ1v) is 8.98. The van der Waals surface area contributed by atoms with E-state index >= 15 is 0 Å². The van der Waals surface area contributed by atoms with Gasteiger partial charge >= 0.3 is 17.1 Å². The van der Waals surface area contributed by atoms with Gasteiger partial charge in [-0.3, -0.25) is 14.2 Å². The lowest BCUT2D eigenvalue weighted by Gasteiger charge is -2.33. The molecule has 1 aromatic carbocycles. The fourth-order valence-corrected chi connectivity index (χ4v) is 3.70. The maximum atomic E-state index is 12.7. The summed E-state index contributed by atoms with van der Waals surface area (Å²) in [5.41, 5.74) is 0.462. The summed E-state index contributed by atoms with van der Waals surface area (Å²) in [5.74, 6) is -0.605. The number of aromatic carboxylic acids is 1. The molecule has 28 heavy (non-hydrogen) atoms. The Labute approximate surface area is 159 Å². The smallest absolute Gasteiger partial charge is 0.338 e. The molecular weight excluding hydrogens is 362 g/mol. The minimum atomic E-state index is -1.07. The van der Waals surface area contributed by atoms with Gasteiger partial charge in [-0.15, -0.1) is 0 Å². The number of benzene rings is 1. The monoisotopic (exact) mass is 381 g/mol. The van der Waals surface area contributed by atoms with Crippen molar-refractivity contribution in [2.75, 3.05) is 18.0 Å². The lowest BCUT2D eigenvalue weighted by molar-refractivity contribution is 0.0696. The molecule has 1 fully saturated rings. The van der Waals surface area contributed by atoms with Crippen LogP contribution >= 0.6 is 0 Å². The Morgan fingerprint density at radius 3 is 2.25 bits per heavy atom. The van der Waals surface area contributed by atoms with Crippen LogP contribution in [0.4, 0.5) is 5.95 Å². The molecular formula is C19H19N5O4. The van der Waals surface area contributed by atoms with Crippen molar-refractivity contribution in [3.8, 4) is 0 Å². The first-order chi connectivity index (χ1) is 13.5. The highest BCUT2D eigenvalue weighted by molar-refractivity contribution is 5.86. The van der Waals surface area contributed by atoms with Gasteiger partial charge in [0, 0.05) is 38.6 Å². The molecule has 3 aromatic rings. The van der Waals surface area contributed by atoms with Gasteiger partial charge in [-0.25, -0.2) is 14.8 Å². The lowest BCUT2D eigenvalue weighted by Crippen LogP contribution is -2.45. The summed E-state index contributed by atoms with van der Waals surface area (Å²) in [4.78, 5) is 46.2. The third-order valence-electron chi connectivity index (χ3n) is 5.21. The van der Waals surface area contributed by atoms with Crippen LogP contribution in [-0.2, 0) is 7.05 Å². The molecule has 1 saturated heterocycles. The van der Waals surface area contributed by atoms with E-state index in [-0.39, 0.29) is 11.6 Å². The Hall–Kier alpha value is -3.49. The van der Waals surface area contributed by atoms with Crippen molar-refractivity contribution in [2.45, 2.75) is 18.9 Å². The van der Waals surface area contributed by atoms with Gasteiger partial charge in [-0.2, -0.15) is 0 Å². The summed E-state index contributed by atoms with van der Waals surface area (Å²) in [7, 11) is 1.61. The number of piperidine rings is 1. The van der Waals surface area contributed by atoms with E-state index in [2.05, 4.69) is 9.97 Å². The highest BCUT2D eigenvalue weighted by atomic mass is 16.4. The zero-order valence-corrected chi connectivity index (χ0v) is 15.3. The third-order valence-corrected chi connectivity index (χ3v) is 5.21. The zero-order chi connectivity index (χ0) is 19.8. The molecule has 0 spiro atoms. The summed E-state index contributed by atoms with van der Waals surface area (Å²) >= 11 is 0. The van der Waals surface area contributed by atoms with E-state index in [1.54, 1.807) is 11.6 Å². The molecule has 0 radical (unpaired) electrons. The predicted molar refractivity (Wildman–Crippen MR) is 103 cm³/mol. The predicted octanol–water partition coefficient (Wildman–Crippen LogP) is 1.03. The second-order valence-corrected chi connectivity index (χ2v) is 6.82. The minimum Gasteiger partial charge on any atom is -0.478 e. The summed E-state index contributed by atoms with van der Waals surface area (Å²) in [6.45, 7) is 1.21. The topological polar surface area (TPSA) is 110 Å². The molecule has 2 aromatic heterocycles. The van der Waals surface area contributed by atoms with Crippen molar-refractivity contribution in [3.63, 3.8) is 0 Å². The molecule has 0 saturated carbocycles. The Morgan fingerprint density at radius 2 is 1.64 bits per heavy atom. The lowest BCUT2D eigenvalue weighted by atomic mass is 10.0. The fraction of sp³-hybridized carbons (Fsp3) is 0.316. The van der Waals surface area contributed by atoms with Crippen LogP contribution in [0.5, 0.6) is 0 Å². The number of carbonyl (C=O) groups is 1. The van der Waals surface area contributed by atoms with Crippen LogP contribution in [0, 0.1) is 0 Å². The van der Waals surface area contributed by atoms with E-state index in [0.717, 1.165) is 11.0 Å². The van der Waals surface area contributed by atoms with Gasteiger partial charge in [-0.05, 0) is 25.0 Å². The Kier molecular flexibility index (Phi) is 4.42. The van der Waals surface area contributed by atoms with Crippen molar-refractivity contribution in [1.29, 1.82) is 0 Å². The average Bonchev–Trinajstić information content (AvgIpc) is 2.73. The second-order valence-electron chi connectivity index (χ2n) is 6.82. The second kappa shape index (κ2) is 6.91. The van der Waals surface area contributed by atoms with E-state index < -0.39 is 17.1 Å². The molecule has 3 heterocycles. The van der Waals surface area contributed by atoms with E-state index in [1.807, 2.05) is 29.2 Å². The van der Waals surface area contributed by atoms with E-state index in [9.17, 15) is 14.4 Å². The van der Waals surface area contributed by atoms with Crippen molar-refractivity contribution >= 4 is 23.0 Å². The maximum absolute atomic E-state index is 12.7. The van der Waals surface area contributed by atoms with Crippen LogP contribution in [0.1, 0.15) is 29.2 Å². The zero-order valence-electron chi connectivity index (χ0n) is 15.3. The SMILES string of the molecule is Cn1c(=O)c(=O)n(C2CCN(c3ncc(C(=O)O)cn3)CC2)c2ccccc21. The molecule has 1 aliphatic heterocycles. The number of aryl methyl sites for hydroxylation is 1. The van der Waals surface area contributed by atoms with Gasteiger partial charge in [-0.1, -0.05) is 12.1 Å². The number of hydrogen-bond acceptors (Lipinski definition) is 6. The van der Waals surface area contributed by atoms with Crippen molar-refractivity contribution < 1.29 is 9.90 Å². The third kappa shape index (κ3) is 2.94. The molecule has 1 aliphatic rings. The maximum Gasteiger partial charge on any atom is 0.338 e. The number of nitrogens with zero attached hydrogens (tertiary/aromatic N) is 5. The van der Waals surface area contributed by atoms with Crippen LogP contribution in [0.3, 0.4) is 0 Å². The van der Waals surface area contributed by atoms with E-state index in [4.69, 9.17) is 5.11 Å². The highest BCUT2D eigenvalue weighted by Crippen LogP contribution is 2.26. The Morgan fingerprint density at radius 1 is 1.04 bits per heavy atom. The molecule has 0 aliphatic carbocycles. The summed E-state index contributed by atoms with van der Waals surface area (Å²) in [6, 6.07) is 7.30. The fourth-order valence-electron chi connectivity index (χ4n) is 3.70. The van der Waals surface area contributed by atoms with Gasteiger partial charge in [0.05, 0.1) is 16.6 Å². The molecule has 0 unspecified atom stereocenters. The minimum absolute atomic E-state index is 0.0387.